The first kappa shape index (κ1) is 29.2. The summed E-state index contributed by atoms with van der Waals surface area (Å²) in [5, 5.41) is 9.96. The third kappa shape index (κ3) is 6.58. The van der Waals surface area contributed by atoms with Gasteiger partial charge in [-0.25, -0.2) is 0 Å². The number of aromatic amines is 1. The number of hydrogen-bond donors (Lipinski definition) is 4. The Morgan fingerprint density at radius 1 is 1.05 bits per heavy atom. The van der Waals surface area contributed by atoms with Crippen molar-refractivity contribution in [3.63, 3.8) is 0 Å². The lowest BCUT2D eigenvalue weighted by Crippen LogP contribution is -2.52. The van der Waals surface area contributed by atoms with Crippen LogP contribution in [-0.2, 0) is 20.8 Å². The molecule has 3 heterocycles. The molecule has 4 amide bonds. The molecular weight excluding hydrogens is 534 g/mol. The van der Waals surface area contributed by atoms with Crippen LogP contribution in [-0.4, -0.2) is 71.3 Å². The van der Waals surface area contributed by atoms with Gasteiger partial charge in [0.1, 0.15) is 24.4 Å². The lowest BCUT2D eigenvalue weighted by atomic mass is 10.0. The molecule has 3 aromatic rings. The number of rotatable bonds is 5. The average molecular weight is 574 g/mol. The number of para-hydroxylation sites is 2. The second-order valence-electron chi connectivity index (χ2n) is 11.4. The second-order valence-corrected chi connectivity index (χ2v) is 11.4. The fourth-order valence-corrected chi connectivity index (χ4v) is 5.68. The van der Waals surface area contributed by atoms with Crippen molar-refractivity contribution in [3.8, 4) is 5.75 Å². The summed E-state index contributed by atoms with van der Waals surface area (Å²) in [4.78, 5) is 58.3. The molecule has 222 valence electrons. The minimum Gasteiger partial charge on any atom is -0.491 e. The van der Waals surface area contributed by atoms with Gasteiger partial charge in [-0.2, -0.15) is 0 Å². The predicted molar refractivity (Wildman–Crippen MR) is 159 cm³/mol. The van der Waals surface area contributed by atoms with E-state index in [2.05, 4.69) is 20.9 Å². The van der Waals surface area contributed by atoms with Crippen LogP contribution in [0, 0.1) is 5.92 Å². The number of aromatic nitrogens is 1. The molecule has 0 unspecified atom stereocenters. The third-order valence-corrected chi connectivity index (χ3v) is 8.20. The lowest BCUT2D eigenvalue weighted by Gasteiger charge is -2.28. The Labute approximate surface area is 245 Å². The monoisotopic (exact) mass is 573 g/mol. The zero-order valence-corrected chi connectivity index (χ0v) is 24.2. The van der Waals surface area contributed by atoms with E-state index in [0.29, 0.717) is 31.7 Å². The molecule has 42 heavy (non-hydrogen) atoms. The fourth-order valence-electron chi connectivity index (χ4n) is 5.68. The van der Waals surface area contributed by atoms with E-state index in [1.54, 1.807) is 29.2 Å². The number of amides is 4. The number of nitrogens with zero attached hydrogens (tertiary/aromatic N) is 1. The van der Waals surface area contributed by atoms with Gasteiger partial charge in [-0.1, -0.05) is 44.2 Å². The number of H-pyrrole nitrogens is 1. The Kier molecular flexibility index (Phi) is 9.09. The van der Waals surface area contributed by atoms with Crippen LogP contribution in [0.3, 0.4) is 0 Å². The summed E-state index contributed by atoms with van der Waals surface area (Å²) in [6.07, 6.45) is 3.98. The molecule has 10 nitrogen and oxygen atoms in total. The molecule has 1 aromatic heterocycles. The highest BCUT2D eigenvalue weighted by molar-refractivity contribution is 6.00. The number of benzene rings is 2. The molecule has 0 aliphatic carbocycles. The molecule has 4 N–H and O–H groups in total. The topological polar surface area (TPSA) is 133 Å². The standard InChI is InChI=1S/C32H39N5O5/c1-20(2)26-19-42-28-12-6-4-9-23(28)30(39)35-25(13-14-29(38)37-17-7-11-27(37)32(41)36-26)31(40)33-16-15-21-18-34-24-10-5-3-8-22(21)24/h3-6,8-10,12,18,20,25-27,34H,7,11,13-17,19H2,1-2H3,(H,33,40)(H,35,39)(H,36,41)/t25-,26-,27-/m0/s1. The normalized spacial score (nSPS) is 21.9. The number of fused-ring (bicyclic) bond motifs is 3. The van der Waals surface area contributed by atoms with Gasteiger partial charge in [0, 0.05) is 36.6 Å². The number of nitrogens with one attached hydrogen (secondary N) is 4. The molecule has 5 rings (SSSR count). The van der Waals surface area contributed by atoms with Crippen LogP contribution in [0.4, 0.5) is 0 Å². The van der Waals surface area contributed by atoms with Crippen molar-refractivity contribution < 1.29 is 23.9 Å². The maximum Gasteiger partial charge on any atom is 0.255 e. The summed E-state index contributed by atoms with van der Waals surface area (Å²) in [7, 11) is 0. The maximum absolute atomic E-state index is 13.5. The number of carbonyl (C=O) groups is 4. The van der Waals surface area contributed by atoms with Crippen molar-refractivity contribution in [2.45, 2.75) is 64.1 Å². The Bertz CT molecular complexity index is 1450. The summed E-state index contributed by atoms with van der Waals surface area (Å²) in [5.74, 6) is -0.809. The zero-order chi connectivity index (χ0) is 29.6. The number of carbonyl (C=O) groups excluding carboxylic acids is 4. The van der Waals surface area contributed by atoms with Crippen LogP contribution in [0.2, 0.25) is 0 Å². The molecule has 10 heteroatoms. The Hall–Kier alpha value is -4.34. The summed E-state index contributed by atoms with van der Waals surface area (Å²) >= 11 is 0. The van der Waals surface area contributed by atoms with Crippen molar-refractivity contribution in [3.05, 3.63) is 65.9 Å². The van der Waals surface area contributed by atoms with Gasteiger partial charge in [0.15, 0.2) is 0 Å². The van der Waals surface area contributed by atoms with Crippen molar-refractivity contribution in [2.75, 3.05) is 19.7 Å². The molecule has 1 fully saturated rings. The highest BCUT2D eigenvalue weighted by atomic mass is 16.5. The van der Waals surface area contributed by atoms with E-state index in [-0.39, 0.29) is 54.7 Å². The first-order valence-electron chi connectivity index (χ1n) is 14.8. The molecule has 1 saturated heterocycles. The van der Waals surface area contributed by atoms with Gasteiger partial charge in [0.25, 0.3) is 5.91 Å². The van der Waals surface area contributed by atoms with E-state index in [4.69, 9.17) is 4.74 Å². The van der Waals surface area contributed by atoms with E-state index in [1.807, 2.05) is 44.3 Å². The molecule has 0 spiro atoms. The minimum absolute atomic E-state index is 0.0242. The smallest absolute Gasteiger partial charge is 0.255 e. The van der Waals surface area contributed by atoms with Gasteiger partial charge >= 0.3 is 0 Å². The van der Waals surface area contributed by atoms with Crippen molar-refractivity contribution in [1.82, 2.24) is 25.8 Å². The van der Waals surface area contributed by atoms with Crippen LogP contribution in [0.5, 0.6) is 5.75 Å². The Morgan fingerprint density at radius 3 is 2.67 bits per heavy atom. The van der Waals surface area contributed by atoms with Crippen LogP contribution in [0.1, 0.15) is 55.5 Å². The average Bonchev–Trinajstić information content (AvgIpc) is 3.64. The molecule has 0 bridgehead atoms. The highest BCUT2D eigenvalue weighted by Gasteiger charge is 2.36. The van der Waals surface area contributed by atoms with Crippen LogP contribution in [0.15, 0.2) is 54.7 Å². The van der Waals surface area contributed by atoms with Crippen molar-refractivity contribution in [1.29, 1.82) is 0 Å². The Balaban J connectivity index is 1.35. The number of ether oxygens (including phenoxy) is 1. The fraction of sp³-hybridized carbons (Fsp3) is 0.438. The SMILES string of the molecule is CC(C)[C@@H]1COc2ccccc2C(=O)N[C@H](C(=O)NCCc2c[nH]c3ccccc23)CCC(=O)N2CCC[C@H]2C(=O)N1. The highest BCUT2D eigenvalue weighted by Crippen LogP contribution is 2.23. The number of hydrogen-bond acceptors (Lipinski definition) is 5. The van der Waals surface area contributed by atoms with E-state index in [9.17, 15) is 19.2 Å². The van der Waals surface area contributed by atoms with Crippen LogP contribution < -0.4 is 20.7 Å². The van der Waals surface area contributed by atoms with Crippen molar-refractivity contribution in [2.24, 2.45) is 5.92 Å². The second kappa shape index (κ2) is 13.1. The Morgan fingerprint density at radius 2 is 1.83 bits per heavy atom. The lowest BCUT2D eigenvalue weighted by molar-refractivity contribution is -0.139. The summed E-state index contributed by atoms with van der Waals surface area (Å²) in [6, 6.07) is 13.0. The van der Waals surface area contributed by atoms with E-state index >= 15 is 0 Å². The molecular formula is C32H39N5O5. The predicted octanol–water partition coefficient (Wildman–Crippen LogP) is 2.93. The van der Waals surface area contributed by atoms with Gasteiger partial charge < -0.3 is 30.6 Å². The summed E-state index contributed by atoms with van der Waals surface area (Å²) in [5.41, 5.74) is 2.39. The van der Waals surface area contributed by atoms with E-state index in [0.717, 1.165) is 22.9 Å². The first-order valence-corrected chi connectivity index (χ1v) is 14.8. The van der Waals surface area contributed by atoms with Gasteiger partial charge in [0.2, 0.25) is 17.7 Å². The zero-order valence-electron chi connectivity index (χ0n) is 24.2. The quantitative estimate of drug-likeness (QED) is 0.373. The largest absolute Gasteiger partial charge is 0.491 e. The molecule has 2 aromatic carbocycles. The van der Waals surface area contributed by atoms with Gasteiger partial charge in [-0.3, -0.25) is 19.2 Å². The van der Waals surface area contributed by atoms with Gasteiger partial charge in [-0.15, -0.1) is 0 Å². The summed E-state index contributed by atoms with van der Waals surface area (Å²) < 4.78 is 6.07. The van der Waals surface area contributed by atoms with Crippen LogP contribution >= 0.6 is 0 Å². The molecule has 0 radical (unpaired) electrons. The van der Waals surface area contributed by atoms with E-state index in [1.165, 1.54) is 0 Å². The van der Waals surface area contributed by atoms with Crippen molar-refractivity contribution >= 4 is 34.5 Å². The molecule has 2 aliphatic heterocycles. The first-order chi connectivity index (χ1) is 20.3. The van der Waals surface area contributed by atoms with Gasteiger partial charge in [-0.05, 0) is 55.4 Å². The molecule has 0 saturated carbocycles. The van der Waals surface area contributed by atoms with Crippen LogP contribution in [0.25, 0.3) is 10.9 Å². The minimum atomic E-state index is -0.944. The molecule has 2 aliphatic rings. The molecule has 3 atom stereocenters. The van der Waals surface area contributed by atoms with Gasteiger partial charge in [0.05, 0.1) is 11.6 Å². The summed E-state index contributed by atoms with van der Waals surface area (Å²) in [6.45, 7) is 4.98. The van der Waals surface area contributed by atoms with E-state index < -0.39 is 18.0 Å². The third-order valence-electron chi connectivity index (χ3n) is 8.20. The maximum atomic E-state index is 13.5.